The van der Waals surface area contributed by atoms with Gasteiger partial charge < -0.3 is 10.1 Å². The van der Waals surface area contributed by atoms with Crippen molar-refractivity contribution in [2.75, 3.05) is 11.9 Å². The van der Waals surface area contributed by atoms with Crippen molar-refractivity contribution in [2.45, 2.75) is 27.7 Å². The lowest BCUT2D eigenvalue weighted by Crippen LogP contribution is -2.21. The Labute approximate surface area is 157 Å². The molecule has 0 saturated heterocycles. The predicted molar refractivity (Wildman–Crippen MR) is 104 cm³/mol. The maximum Gasteiger partial charge on any atom is 0.338 e. The molecule has 3 aromatic rings. The number of fused-ring (bicyclic) bond motifs is 1. The molecular formula is C21H21N3O3. The molecule has 0 saturated carbocycles. The first-order chi connectivity index (χ1) is 12.8. The Bertz CT molecular complexity index is 1020. The molecule has 3 rings (SSSR count). The lowest BCUT2D eigenvalue weighted by molar-refractivity contribution is -0.119. The Kier molecular flexibility index (Phi) is 5.16. The standard InChI is InChI=1S/C21H21N3O3/c1-12-6-5-7-13(2)20(12)24-19(25)11-27-21(26)16-8-9-17-18(10-16)23-15(4)14(3)22-17/h5-10H,11H2,1-4H3,(H,24,25). The molecule has 0 aliphatic rings. The van der Waals surface area contributed by atoms with Gasteiger partial charge in [-0.1, -0.05) is 18.2 Å². The summed E-state index contributed by atoms with van der Waals surface area (Å²) in [5, 5.41) is 2.79. The van der Waals surface area contributed by atoms with E-state index in [2.05, 4.69) is 15.3 Å². The van der Waals surface area contributed by atoms with Crippen molar-refractivity contribution in [3.63, 3.8) is 0 Å². The van der Waals surface area contributed by atoms with Gasteiger partial charge in [0.25, 0.3) is 5.91 Å². The molecule has 1 aromatic heterocycles. The van der Waals surface area contributed by atoms with Crippen LogP contribution in [0.1, 0.15) is 32.9 Å². The quantitative estimate of drug-likeness (QED) is 0.716. The molecule has 0 fully saturated rings. The normalized spacial score (nSPS) is 10.7. The van der Waals surface area contributed by atoms with E-state index in [1.807, 2.05) is 45.9 Å². The lowest BCUT2D eigenvalue weighted by atomic mass is 10.1. The summed E-state index contributed by atoms with van der Waals surface area (Å²) in [6, 6.07) is 10.7. The average Bonchev–Trinajstić information content (AvgIpc) is 2.63. The molecule has 0 bridgehead atoms. The number of para-hydroxylation sites is 1. The van der Waals surface area contributed by atoms with Crippen molar-refractivity contribution >= 4 is 28.6 Å². The fourth-order valence-corrected chi connectivity index (χ4v) is 2.76. The minimum Gasteiger partial charge on any atom is -0.452 e. The third kappa shape index (κ3) is 4.11. The minimum absolute atomic E-state index is 0.333. The van der Waals surface area contributed by atoms with Crippen LogP contribution < -0.4 is 5.32 Å². The van der Waals surface area contributed by atoms with Crippen LogP contribution in [-0.2, 0) is 9.53 Å². The Morgan fingerprint density at radius 3 is 2.22 bits per heavy atom. The zero-order valence-corrected chi connectivity index (χ0v) is 15.8. The summed E-state index contributed by atoms with van der Waals surface area (Å²) < 4.78 is 5.15. The maximum atomic E-state index is 12.3. The highest BCUT2D eigenvalue weighted by molar-refractivity contribution is 5.97. The Morgan fingerprint density at radius 1 is 0.926 bits per heavy atom. The first-order valence-electron chi connectivity index (χ1n) is 8.63. The molecule has 6 nitrogen and oxygen atoms in total. The van der Waals surface area contributed by atoms with Gasteiger partial charge in [-0.15, -0.1) is 0 Å². The molecule has 2 aromatic carbocycles. The molecule has 0 spiro atoms. The number of amides is 1. The van der Waals surface area contributed by atoms with E-state index in [-0.39, 0.29) is 12.5 Å². The number of benzene rings is 2. The van der Waals surface area contributed by atoms with Crippen molar-refractivity contribution in [2.24, 2.45) is 0 Å². The van der Waals surface area contributed by atoms with Gasteiger partial charge in [-0.25, -0.2) is 14.8 Å². The zero-order chi connectivity index (χ0) is 19.6. The largest absolute Gasteiger partial charge is 0.452 e. The second-order valence-electron chi connectivity index (χ2n) is 6.49. The smallest absolute Gasteiger partial charge is 0.338 e. The number of rotatable bonds is 4. The van der Waals surface area contributed by atoms with Crippen LogP contribution in [0.2, 0.25) is 0 Å². The van der Waals surface area contributed by atoms with E-state index in [0.717, 1.165) is 28.2 Å². The summed E-state index contributed by atoms with van der Waals surface area (Å²) in [4.78, 5) is 33.3. The molecule has 0 atom stereocenters. The van der Waals surface area contributed by atoms with Crippen LogP contribution in [-0.4, -0.2) is 28.5 Å². The SMILES string of the molecule is Cc1cccc(C)c1NC(=O)COC(=O)c1ccc2nc(C)c(C)nc2c1. The highest BCUT2D eigenvalue weighted by Crippen LogP contribution is 2.19. The summed E-state index contributed by atoms with van der Waals surface area (Å²) in [7, 11) is 0. The summed E-state index contributed by atoms with van der Waals surface area (Å²) in [5.41, 5.74) is 5.96. The Morgan fingerprint density at radius 2 is 1.56 bits per heavy atom. The number of carbonyl (C=O) groups is 2. The molecule has 6 heteroatoms. The van der Waals surface area contributed by atoms with Crippen molar-refractivity contribution in [1.29, 1.82) is 0 Å². The van der Waals surface area contributed by atoms with E-state index < -0.39 is 5.97 Å². The molecule has 1 heterocycles. The van der Waals surface area contributed by atoms with Gasteiger partial charge in [-0.2, -0.15) is 0 Å². The van der Waals surface area contributed by atoms with Gasteiger partial charge in [0.1, 0.15) is 0 Å². The summed E-state index contributed by atoms with van der Waals surface area (Å²) in [5.74, 6) is -0.957. The van der Waals surface area contributed by atoms with Crippen LogP contribution in [0.25, 0.3) is 11.0 Å². The van der Waals surface area contributed by atoms with Gasteiger partial charge in [-0.3, -0.25) is 4.79 Å². The van der Waals surface area contributed by atoms with E-state index in [1.54, 1.807) is 18.2 Å². The molecule has 0 aliphatic heterocycles. The van der Waals surface area contributed by atoms with Crippen LogP contribution in [0.5, 0.6) is 0 Å². The number of aromatic nitrogens is 2. The summed E-state index contributed by atoms with van der Waals surface area (Å²) >= 11 is 0. The van der Waals surface area contributed by atoms with Crippen LogP contribution in [0.3, 0.4) is 0 Å². The fraction of sp³-hybridized carbons (Fsp3) is 0.238. The van der Waals surface area contributed by atoms with E-state index in [4.69, 9.17) is 4.74 Å². The van der Waals surface area contributed by atoms with E-state index in [9.17, 15) is 9.59 Å². The molecule has 138 valence electrons. The molecule has 1 amide bonds. The lowest BCUT2D eigenvalue weighted by Gasteiger charge is -2.11. The van der Waals surface area contributed by atoms with Crippen LogP contribution >= 0.6 is 0 Å². The number of aryl methyl sites for hydroxylation is 4. The molecule has 0 radical (unpaired) electrons. The van der Waals surface area contributed by atoms with Gasteiger partial charge in [0.15, 0.2) is 6.61 Å². The van der Waals surface area contributed by atoms with E-state index in [1.165, 1.54) is 0 Å². The topological polar surface area (TPSA) is 81.2 Å². The Balaban J connectivity index is 1.67. The number of esters is 1. The number of hydrogen-bond donors (Lipinski definition) is 1. The van der Waals surface area contributed by atoms with Crippen LogP contribution in [0, 0.1) is 27.7 Å². The highest BCUT2D eigenvalue weighted by Gasteiger charge is 2.13. The molecule has 0 unspecified atom stereocenters. The van der Waals surface area contributed by atoms with Gasteiger partial charge in [-0.05, 0) is 57.0 Å². The molecule has 1 N–H and O–H groups in total. The summed E-state index contributed by atoms with van der Waals surface area (Å²) in [6.07, 6.45) is 0. The summed E-state index contributed by atoms with van der Waals surface area (Å²) in [6.45, 7) is 7.22. The van der Waals surface area contributed by atoms with E-state index >= 15 is 0 Å². The average molecular weight is 363 g/mol. The maximum absolute atomic E-state index is 12.3. The first-order valence-corrected chi connectivity index (χ1v) is 8.63. The second kappa shape index (κ2) is 7.53. The minimum atomic E-state index is -0.575. The number of carbonyl (C=O) groups excluding carboxylic acids is 2. The molecule has 0 aliphatic carbocycles. The predicted octanol–water partition coefficient (Wildman–Crippen LogP) is 3.66. The van der Waals surface area contributed by atoms with Gasteiger partial charge in [0.05, 0.1) is 28.0 Å². The highest BCUT2D eigenvalue weighted by atomic mass is 16.5. The van der Waals surface area contributed by atoms with Crippen molar-refractivity contribution in [3.05, 3.63) is 64.5 Å². The third-order valence-corrected chi connectivity index (χ3v) is 4.39. The third-order valence-electron chi connectivity index (χ3n) is 4.39. The van der Waals surface area contributed by atoms with Crippen molar-refractivity contribution < 1.29 is 14.3 Å². The number of nitrogens with zero attached hydrogens (tertiary/aromatic N) is 2. The fourth-order valence-electron chi connectivity index (χ4n) is 2.76. The molecule has 27 heavy (non-hydrogen) atoms. The van der Waals surface area contributed by atoms with Gasteiger partial charge >= 0.3 is 5.97 Å². The Hall–Kier alpha value is -3.28. The van der Waals surface area contributed by atoms with Gasteiger partial charge in [0.2, 0.25) is 0 Å². The number of anilines is 1. The van der Waals surface area contributed by atoms with E-state index in [0.29, 0.717) is 16.6 Å². The number of ether oxygens (including phenoxy) is 1. The van der Waals surface area contributed by atoms with Crippen LogP contribution in [0.4, 0.5) is 5.69 Å². The zero-order valence-electron chi connectivity index (χ0n) is 15.8. The van der Waals surface area contributed by atoms with Gasteiger partial charge in [0, 0.05) is 5.69 Å². The van der Waals surface area contributed by atoms with Crippen molar-refractivity contribution in [3.8, 4) is 0 Å². The first kappa shape index (κ1) is 18.5. The number of hydrogen-bond acceptors (Lipinski definition) is 5. The van der Waals surface area contributed by atoms with Crippen molar-refractivity contribution in [1.82, 2.24) is 9.97 Å². The second-order valence-corrected chi connectivity index (χ2v) is 6.49. The monoisotopic (exact) mass is 363 g/mol. The molecular weight excluding hydrogens is 342 g/mol. The number of nitrogens with one attached hydrogen (secondary N) is 1. The van der Waals surface area contributed by atoms with Crippen LogP contribution in [0.15, 0.2) is 36.4 Å².